The van der Waals surface area contributed by atoms with Crippen molar-refractivity contribution in [2.24, 2.45) is 0 Å². The summed E-state index contributed by atoms with van der Waals surface area (Å²) in [5, 5.41) is 0.530. The van der Waals surface area contributed by atoms with Crippen molar-refractivity contribution in [3.8, 4) is 5.75 Å². The van der Waals surface area contributed by atoms with Crippen LogP contribution in [0.5, 0.6) is 5.75 Å². The molecule has 1 aliphatic heterocycles. The molecule has 152 valence electrons. The number of hydrogen-bond donors (Lipinski definition) is 0. The standard InChI is InChI=1S/C24H27NO4/c1-24(2,3)18-9-7-17(8-10-18)16-28-21-6-4-5-19-20(26)15-22(29-23(19)21)25-11-13-27-14-12-25/h4-10,15H,11-14,16H2,1-3H3. The highest BCUT2D eigenvalue weighted by molar-refractivity contribution is 5.83. The van der Waals surface area contributed by atoms with E-state index >= 15 is 0 Å². The van der Waals surface area contributed by atoms with Gasteiger partial charge < -0.3 is 18.8 Å². The highest BCUT2D eigenvalue weighted by Crippen LogP contribution is 2.29. The molecule has 0 spiro atoms. The highest BCUT2D eigenvalue weighted by atomic mass is 16.5. The molecule has 1 aromatic heterocycles. The van der Waals surface area contributed by atoms with Crippen LogP contribution in [0.2, 0.25) is 0 Å². The van der Waals surface area contributed by atoms with E-state index in [2.05, 4.69) is 45.0 Å². The average molecular weight is 393 g/mol. The average Bonchev–Trinajstić information content (AvgIpc) is 2.72. The monoisotopic (exact) mass is 393 g/mol. The zero-order valence-corrected chi connectivity index (χ0v) is 17.2. The number of nitrogens with zero attached hydrogens (tertiary/aromatic N) is 1. The van der Waals surface area contributed by atoms with Crippen LogP contribution in [0.15, 0.2) is 57.7 Å². The maximum Gasteiger partial charge on any atom is 0.200 e. The Labute approximate surface area is 170 Å². The van der Waals surface area contributed by atoms with Gasteiger partial charge in [0.25, 0.3) is 0 Å². The highest BCUT2D eigenvalue weighted by Gasteiger charge is 2.17. The summed E-state index contributed by atoms with van der Waals surface area (Å²) in [4.78, 5) is 14.7. The van der Waals surface area contributed by atoms with Gasteiger partial charge in [-0.1, -0.05) is 51.1 Å². The van der Waals surface area contributed by atoms with Crippen LogP contribution in [0.4, 0.5) is 5.88 Å². The van der Waals surface area contributed by atoms with Crippen LogP contribution < -0.4 is 15.1 Å². The van der Waals surface area contributed by atoms with E-state index < -0.39 is 0 Å². The molecule has 5 heteroatoms. The number of hydrogen-bond acceptors (Lipinski definition) is 5. The van der Waals surface area contributed by atoms with E-state index in [-0.39, 0.29) is 10.8 Å². The summed E-state index contributed by atoms with van der Waals surface area (Å²) in [5.41, 5.74) is 2.91. The molecule has 1 saturated heterocycles. The van der Waals surface area contributed by atoms with Gasteiger partial charge in [-0.05, 0) is 28.7 Å². The van der Waals surface area contributed by atoms with E-state index in [9.17, 15) is 4.79 Å². The molecule has 0 unspecified atom stereocenters. The van der Waals surface area contributed by atoms with E-state index in [1.165, 1.54) is 5.56 Å². The van der Waals surface area contributed by atoms with Crippen LogP contribution >= 0.6 is 0 Å². The van der Waals surface area contributed by atoms with E-state index in [4.69, 9.17) is 13.9 Å². The molecule has 1 aliphatic rings. The molecule has 3 aromatic rings. The lowest BCUT2D eigenvalue weighted by Crippen LogP contribution is -2.36. The fourth-order valence-corrected chi connectivity index (χ4v) is 3.45. The lowest BCUT2D eigenvalue weighted by Gasteiger charge is -2.27. The number of para-hydroxylation sites is 1. The summed E-state index contributed by atoms with van der Waals surface area (Å²) in [6.07, 6.45) is 0. The van der Waals surface area contributed by atoms with Gasteiger partial charge in [0.1, 0.15) is 6.61 Å². The Kier molecular flexibility index (Phi) is 5.33. The van der Waals surface area contributed by atoms with Crippen LogP contribution in [0, 0.1) is 0 Å². The molecule has 5 nitrogen and oxygen atoms in total. The predicted molar refractivity (Wildman–Crippen MR) is 115 cm³/mol. The molecular formula is C24H27NO4. The van der Waals surface area contributed by atoms with E-state index in [1.807, 2.05) is 17.0 Å². The summed E-state index contributed by atoms with van der Waals surface area (Å²) >= 11 is 0. The molecule has 2 heterocycles. The topological polar surface area (TPSA) is 51.9 Å². The van der Waals surface area contributed by atoms with Gasteiger partial charge in [-0.3, -0.25) is 4.79 Å². The molecule has 4 rings (SSSR count). The number of ether oxygens (including phenoxy) is 2. The van der Waals surface area contributed by atoms with Crippen LogP contribution in [0.25, 0.3) is 11.0 Å². The van der Waals surface area contributed by atoms with Crippen molar-refractivity contribution in [1.29, 1.82) is 0 Å². The third-order valence-corrected chi connectivity index (χ3v) is 5.24. The van der Waals surface area contributed by atoms with Crippen molar-refractivity contribution in [2.45, 2.75) is 32.8 Å². The first-order valence-electron chi connectivity index (χ1n) is 10.0. The first kappa shape index (κ1) is 19.5. The molecule has 0 N–H and O–H groups in total. The smallest absolute Gasteiger partial charge is 0.200 e. The van der Waals surface area contributed by atoms with Gasteiger partial charge in [0.2, 0.25) is 0 Å². The first-order chi connectivity index (χ1) is 13.9. The van der Waals surface area contributed by atoms with Gasteiger partial charge in [0, 0.05) is 19.2 Å². The van der Waals surface area contributed by atoms with E-state index in [1.54, 1.807) is 12.1 Å². The molecule has 2 aromatic carbocycles. The van der Waals surface area contributed by atoms with Crippen molar-refractivity contribution in [1.82, 2.24) is 0 Å². The molecule has 0 amide bonds. The Hall–Kier alpha value is -2.79. The van der Waals surface area contributed by atoms with Gasteiger partial charge in [-0.2, -0.15) is 0 Å². The maximum absolute atomic E-state index is 12.6. The molecule has 0 radical (unpaired) electrons. The molecular weight excluding hydrogens is 366 g/mol. The van der Waals surface area contributed by atoms with Crippen LogP contribution in [-0.2, 0) is 16.8 Å². The number of fused-ring (bicyclic) bond motifs is 1. The fraction of sp³-hybridized carbons (Fsp3) is 0.375. The van der Waals surface area contributed by atoms with Crippen LogP contribution in [0.1, 0.15) is 31.9 Å². The Bertz CT molecular complexity index is 1040. The van der Waals surface area contributed by atoms with E-state index in [0.717, 1.165) is 5.56 Å². The van der Waals surface area contributed by atoms with Crippen molar-refractivity contribution >= 4 is 16.9 Å². The van der Waals surface area contributed by atoms with Gasteiger partial charge in [0.05, 0.1) is 18.6 Å². The summed E-state index contributed by atoms with van der Waals surface area (Å²) in [5.74, 6) is 1.14. The SMILES string of the molecule is CC(C)(C)c1ccc(COc2cccc3c(=O)cc(N4CCOCC4)oc23)cc1. The maximum atomic E-state index is 12.6. The quantitative estimate of drug-likeness (QED) is 0.653. The lowest BCUT2D eigenvalue weighted by atomic mass is 9.87. The van der Waals surface area contributed by atoms with Gasteiger partial charge in [0.15, 0.2) is 22.6 Å². The number of anilines is 1. The van der Waals surface area contributed by atoms with Crippen molar-refractivity contribution in [3.05, 3.63) is 69.9 Å². The van der Waals surface area contributed by atoms with Gasteiger partial charge in [-0.25, -0.2) is 0 Å². The Morgan fingerprint density at radius 3 is 2.45 bits per heavy atom. The second-order valence-electron chi connectivity index (χ2n) is 8.42. The van der Waals surface area contributed by atoms with Crippen molar-refractivity contribution in [2.75, 3.05) is 31.2 Å². The summed E-state index contributed by atoms with van der Waals surface area (Å²) in [6.45, 7) is 9.67. The number of benzene rings is 2. The molecule has 0 saturated carbocycles. The van der Waals surface area contributed by atoms with Crippen LogP contribution in [0.3, 0.4) is 0 Å². The third-order valence-electron chi connectivity index (χ3n) is 5.24. The normalized spacial score (nSPS) is 14.9. The molecule has 29 heavy (non-hydrogen) atoms. The third kappa shape index (κ3) is 4.30. The molecule has 0 atom stereocenters. The second-order valence-corrected chi connectivity index (χ2v) is 8.42. The molecule has 1 fully saturated rings. The van der Waals surface area contributed by atoms with Gasteiger partial charge >= 0.3 is 0 Å². The van der Waals surface area contributed by atoms with Crippen molar-refractivity contribution < 1.29 is 13.9 Å². The summed E-state index contributed by atoms with van der Waals surface area (Å²) < 4.78 is 17.6. The Morgan fingerprint density at radius 1 is 1.03 bits per heavy atom. The van der Waals surface area contributed by atoms with Gasteiger partial charge in [-0.15, -0.1) is 0 Å². The first-order valence-corrected chi connectivity index (χ1v) is 10.0. The molecule has 0 aliphatic carbocycles. The van der Waals surface area contributed by atoms with Crippen molar-refractivity contribution in [3.63, 3.8) is 0 Å². The minimum absolute atomic E-state index is 0.0623. The second kappa shape index (κ2) is 7.91. The minimum Gasteiger partial charge on any atom is -0.485 e. The molecule has 0 bridgehead atoms. The lowest BCUT2D eigenvalue weighted by molar-refractivity contribution is 0.120. The summed E-state index contributed by atoms with van der Waals surface area (Å²) in [7, 11) is 0. The zero-order valence-electron chi connectivity index (χ0n) is 17.2. The zero-order chi connectivity index (χ0) is 20.4. The number of morpholine rings is 1. The largest absolute Gasteiger partial charge is 0.485 e. The minimum atomic E-state index is -0.0623. The number of rotatable bonds is 4. The van der Waals surface area contributed by atoms with Crippen LogP contribution in [-0.4, -0.2) is 26.3 Å². The fourth-order valence-electron chi connectivity index (χ4n) is 3.45. The Balaban J connectivity index is 1.60. The Morgan fingerprint density at radius 2 is 1.76 bits per heavy atom. The van der Waals surface area contributed by atoms with E-state index in [0.29, 0.717) is 55.5 Å². The summed E-state index contributed by atoms with van der Waals surface area (Å²) in [6, 6.07) is 15.4. The predicted octanol–water partition coefficient (Wildman–Crippen LogP) is 4.51.